The van der Waals surface area contributed by atoms with Gasteiger partial charge >= 0.3 is 0 Å². The van der Waals surface area contributed by atoms with Crippen LogP contribution in [0, 0.1) is 5.92 Å². The number of hydrogen-bond donors (Lipinski definition) is 1. The SMILES string of the molecule is O=C(CC1CCCCC1)N1CCc2nc(C3CCCN3C(=O)c3ccccn3)[nH]c(=O)c2C1. The van der Waals surface area contributed by atoms with Crippen molar-refractivity contribution in [1.82, 2.24) is 24.8 Å². The highest BCUT2D eigenvalue weighted by atomic mass is 16.2. The Balaban J connectivity index is 1.31. The highest BCUT2D eigenvalue weighted by Crippen LogP contribution is 2.32. The highest BCUT2D eigenvalue weighted by Gasteiger charge is 2.34. The fraction of sp³-hybridized carbons (Fsp3) is 0.560. The summed E-state index contributed by atoms with van der Waals surface area (Å²) in [6.07, 6.45) is 10.4. The van der Waals surface area contributed by atoms with Gasteiger partial charge in [-0.15, -0.1) is 0 Å². The van der Waals surface area contributed by atoms with E-state index in [-0.39, 0.29) is 23.4 Å². The fourth-order valence-electron chi connectivity index (χ4n) is 5.51. The maximum atomic E-state index is 13.0. The number of carbonyl (C=O) groups excluding carboxylic acids is 2. The van der Waals surface area contributed by atoms with E-state index in [1.54, 1.807) is 29.3 Å². The van der Waals surface area contributed by atoms with Gasteiger partial charge < -0.3 is 14.8 Å². The van der Waals surface area contributed by atoms with Crippen molar-refractivity contribution in [2.24, 2.45) is 5.92 Å². The Morgan fingerprint density at radius 1 is 1.06 bits per heavy atom. The number of amides is 2. The average molecular weight is 450 g/mol. The molecule has 2 aromatic heterocycles. The smallest absolute Gasteiger partial charge is 0.273 e. The van der Waals surface area contributed by atoms with E-state index in [0.29, 0.717) is 55.5 Å². The van der Waals surface area contributed by atoms with Gasteiger partial charge in [0, 0.05) is 32.1 Å². The molecule has 33 heavy (non-hydrogen) atoms. The van der Waals surface area contributed by atoms with Gasteiger partial charge in [0.1, 0.15) is 11.5 Å². The summed E-state index contributed by atoms with van der Waals surface area (Å²) in [5, 5.41) is 0. The summed E-state index contributed by atoms with van der Waals surface area (Å²) < 4.78 is 0. The van der Waals surface area contributed by atoms with Crippen LogP contribution in [0.3, 0.4) is 0 Å². The maximum Gasteiger partial charge on any atom is 0.273 e. The number of rotatable bonds is 4. The summed E-state index contributed by atoms with van der Waals surface area (Å²) in [7, 11) is 0. The Morgan fingerprint density at radius 2 is 1.91 bits per heavy atom. The minimum atomic E-state index is -0.261. The zero-order valence-electron chi connectivity index (χ0n) is 19.0. The van der Waals surface area contributed by atoms with Gasteiger partial charge in [0.2, 0.25) is 5.91 Å². The van der Waals surface area contributed by atoms with Crippen molar-refractivity contribution in [1.29, 1.82) is 0 Å². The standard InChI is InChI=1S/C25H31N5O3/c31-22(15-17-7-2-1-3-8-17)29-14-11-19-18(16-29)24(32)28-23(27-19)21-10-6-13-30(21)25(33)20-9-4-5-12-26-20/h4-5,9,12,17,21H,1-3,6-8,10-11,13-16H2,(H,27,28,32). The number of carbonyl (C=O) groups is 2. The minimum absolute atomic E-state index is 0.141. The number of nitrogens with zero attached hydrogens (tertiary/aromatic N) is 4. The maximum absolute atomic E-state index is 13.0. The molecule has 8 nitrogen and oxygen atoms in total. The van der Waals surface area contributed by atoms with E-state index >= 15 is 0 Å². The summed E-state index contributed by atoms with van der Waals surface area (Å²) in [5.41, 5.74) is 1.55. The summed E-state index contributed by atoms with van der Waals surface area (Å²) in [4.78, 5) is 54.3. The molecule has 1 aliphatic carbocycles. The van der Waals surface area contributed by atoms with Crippen LogP contribution < -0.4 is 5.56 Å². The van der Waals surface area contributed by atoms with Gasteiger partial charge in [-0.3, -0.25) is 19.4 Å². The number of aromatic amines is 1. The molecule has 0 radical (unpaired) electrons. The molecule has 0 aromatic carbocycles. The van der Waals surface area contributed by atoms with Crippen molar-refractivity contribution in [3.05, 3.63) is 57.5 Å². The molecule has 5 rings (SSSR count). The van der Waals surface area contributed by atoms with Crippen molar-refractivity contribution < 1.29 is 9.59 Å². The van der Waals surface area contributed by atoms with Gasteiger partial charge in [0.05, 0.1) is 23.8 Å². The van der Waals surface area contributed by atoms with E-state index in [1.165, 1.54) is 19.3 Å². The lowest BCUT2D eigenvalue weighted by atomic mass is 9.86. The molecule has 4 heterocycles. The zero-order chi connectivity index (χ0) is 22.8. The van der Waals surface area contributed by atoms with Gasteiger partial charge in [-0.05, 0) is 43.7 Å². The van der Waals surface area contributed by atoms with Crippen LogP contribution in [0.15, 0.2) is 29.2 Å². The lowest BCUT2D eigenvalue weighted by molar-refractivity contribution is -0.133. The molecule has 1 saturated carbocycles. The van der Waals surface area contributed by atoms with Gasteiger partial charge in [-0.2, -0.15) is 0 Å². The second kappa shape index (κ2) is 9.45. The van der Waals surface area contributed by atoms with Crippen molar-refractivity contribution in [2.45, 2.75) is 70.4 Å². The predicted molar refractivity (Wildman–Crippen MR) is 122 cm³/mol. The zero-order valence-corrected chi connectivity index (χ0v) is 19.0. The van der Waals surface area contributed by atoms with Crippen LogP contribution in [0.1, 0.15) is 85.0 Å². The second-order valence-electron chi connectivity index (χ2n) is 9.52. The van der Waals surface area contributed by atoms with Crippen molar-refractivity contribution in [2.75, 3.05) is 13.1 Å². The Labute approximate surface area is 193 Å². The van der Waals surface area contributed by atoms with Crippen molar-refractivity contribution >= 4 is 11.8 Å². The molecule has 2 amide bonds. The lowest BCUT2D eigenvalue weighted by Gasteiger charge is -2.31. The molecule has 1 unspecified atom stereocenters. The number of hydrogen-bond acceptors (Lipinski definition) is 5. The van der Waals surface area contributed by atoms with Gasteiger partial charge in [-0.25, -0.2) is 4.98 Å². The Bertz CT molecular complexity index is 1080. The van der Waals surface area contributed by atoms with Crippen LogP contribution in [0.25, 0.3) is 0 Å². The molecule has 2 aromatic rings. The monoisotopic (exact) mass is 449 g/mol. The van der Waals surface area contributed by atoms with Gasteiger partial charge in [-0.1, -0.05) is 25.3 Å². The van der Waals surface area contributed by atoms with E-state index in [2.05, 4.69) is 9.97 Å². The molecule has 1 saturated heterocycles. The molecule has 3 aliphatic rings. The first-order valence-electron chi connectivity index (χ1n) is 12.2. The Morgan fingerprint density at radius 3 is 2.70 bits per heavy atom. The number of nitrogens with one attached hydrogen (secondary N) is 1. The average Bonchev–Trinajstić information content (AvgIpc) is 3.34. The third kappa shape index (κ3) is 4.56. The Kier molecular flexibility index (Phi) is 6.24. The summed E-state index contributed by atoms with van der Waals surface area (Å²) in [5.74, 6) is 1.04. The van der Waals surface area contributed by atoms with Crippen LogP contribution in [-0.2, 0) is 17.8 Å². The van der Waals surface area contributed by atoms with E-state index in [0.717, 1.165) is 31.4 Å². The third-order valence-electron chi connectivity index (χ3n) is 7.34. The molecule has 8 heteroatoms. The fourth-order valence-corrected chi connectivity index (χ4v) is 5.51. The predicted octanol–water partition coefficient (Wildman–Crippen LogP) is 3.00. The van der Waals surface area contributed by atoms with E-state index in [1.807, 2.05) is 4.90 Å². The van der Waals surface area contributed by atoms with Gasteiger partial charge in [0.25, 0.3) is 11.5 Å². The topological polar surface area (TPSA) is 99.3 Å². The third-order valence-corrected chi connectivity index (χ3v) is 7.34. The van der Waals surface area contributed by atoms with Crippen molar-refractivity contribution in [3.63, 3.8) is 0 Å². The van der Waals surface area contributed by atoms with Crippen LogP contribution >= 0.6 is 0 Å². The first-order valence-corrected chi connectivity index (χ1v) is 12.2. The molecule has 174 valence electrons. The van der Waals surface area contributed by atoms with E-state index < -0.39 is 0 Å². The molecule has 0 spiro atoms. The first kappa shape index (κ1) is 21.8. The number of likely N-dealkylation sites (tertiary alicyclic amines) is 1. The van der Waals surface area contributed by atoms with E-state index in [4.69, 9.17) is 4.98 Å². The second-order valence-corrected chi connectivity index (χ2v) is 9.52. The van der Waals surface area contributed by atoms with Crippen molar-refractivity contribution in [3.8, 4) is 0 Å². The lowest BCUT2D eigenvalue weighted by Crippen LogP contribution is -2.41. The van der Waals surface area contributed by atoms with E-state index in [9.17, 15) is 14.4 Å². The molecular formula is C25H31N5O3. The van der Waals surface area contributed by atoms with Crippen LogP contribution in [0.4, 0.5) is 0 Å². The molecule has 1 N–H and O–H groups in total. The van der Waals surface area contributed by atoms with Gasteiger partial charge in [0.15, 0.2) is 0 Å². The molecule has 2 fully saturated rings. The summed E-state index contributed by atoms with van der Waals surface area (Å²) in [6, 6.07) is 5.03. The van der Waals surface area contributed by atoms with Crippen LogP contribution in [0.2, 0.25) is 0 Å². The number of H-pyrrole nitrogens is 1. The summed E-state index contributed by atoms with van der Waals surface area (Å²) in [6.45, 7) is 1.53. The normalized spacial score (nSPS) is 21.2. The Hall–Kier alpha value is -3.03. The molecule has 2 aliphatic heterocycles. The first-order chi connectivity index (χ1) is 16.1. The molecule has 1 atom stereocenters. The highest BCUT2D eigenvalue weighted by molar-refractivity contribution is 5.92. The number of fused-ring (bicyclic) bond motifs is 1. The van der Waals surface area contributed by atoms with Crippen LogP contribution in [0.5, 0.6) is 0 Å². The summed E-state index contributed by atoms with van der Waals surface area (Å²) >= 11 is 0. The largest absolute Gasteiger partial charge is 0.338 e. The number of aromatic nitrogens is 3. The number of pyridine rings is 1. The molecular weight excluding hydrogens is 418 g/mol. The minimum Gasteiger partial charge on any atom is -0.338 e. The molecule has 0 bridgehead atoms. The van der Waals surface area contributed by atoms with Crippen LogP contribution in [-0.4, -0.2) is 49.7 Å². The quantitative estimate of drug-likeness (QED) is 0.774.